The van der Waals surface area contributed by atoms with Gasteiger partial charge in [0.25, 0.3) is 0 Å². The Kier molecular flexibility index (Phi) is 5.58. The van der Waals surface area contributed by atoms with Crippen molar-refractivity contribution in [2.24, 2.45) is 0 Å². The van der Waals surface area contributed by atoms with Crippen LogP contribution >= 0.6 is 11.7 Å². The molecule has 0 saturated carbocycles. The summed E-state index contributed by atoms with van der Waals surface area (Å²) in [6.07, 6.45) is 3.72. The first-order chi connectivity index (χ1) is 12.8. The number of benzene rings is 2. The van der Waals surface area contributed by atoms with E-state index in [1.807, 2.05) is 0 Å². The minimum absolute atomic E-state index is 0.628. The molecule has 3 aromatic rings. The Hall–Kier alpha value is -1.82. The lowest BCUT2D eigenvalue weighted by Gasteiger charge is -2.37. The Morgan fingerprint density at radius 3 is 2.81 bits per heavy atom. The van der Waals surface area contributed by atoms with E-state index in [0.717, 1.165) is 30.5 Å². The molecule has 1 aliphatic heterocycles. The van der Waals surface area contributed by atoms with Crippen LogP contribution < -0.4 is 0 Å². The number of likely N-dealkylation sites (tertiary alicyclic amines) is 1. The van der Waals surface area contributed by atoms with Gasteiger partial charge in [-0.2, -0.15) is 8.75 Å². The maximum absolute atomic E-state index is 4.37. The summed E-state index contributed by atoms with van der Waals surface area (Å²) in [6.45, 7) is 4.53. The third-order valence-electron chi connectivity index (χ3n) is 5.41. The van der Waals surface area contributed by atoms with E-state index in [4.69, 9.17) is 0 Å². The van der Waals surface area contributed by atoms with Gasteiger partial charge >= 0.3 is 0 Å². The van der Waals surface area contributed by atoms with Crippen molar-refractivity contribution in [3.63, 3.8) is 0 Å². The monoisotopic (exact) mass is 366 g/mol. The minimum atomic E-state index is 0.628. The van der Waals surface area contributed by atoms with Gasteiger partial charge < -0.3 is 4.90 Å². The Labute approximate surface area is 159 Å². The standard InChI is InChI=1S/C21H26N4S/c1-24(15-18-9-10-20-21(14-18)23-26-22-20)19-8-5-12-25(16-19)13-11-17-6-3-2-4-7-17/h2-4,6-7,9-10,14,19H,5,8,11-13,15-16H2,1H3/t19-/m1/s1. The molecular formula is C21H26N4S. The van der Waals surface area contributed by atoms with Crippen LogP contribution in [0.5, 0.6) is 0 Å². The van der Waals surface area contributed by atoms with E-state index in [9.17, 15) is 0 Å². The van der Waals surface area contributed by atoms with Gasteiger partial charge in [-0.1, -0.05) is 36.4 Å². The molecule has 136 valence electrons. The zero-order chi connectivity index (χ0) is 17.8. The summed E-state index contributed by atoms with van der Waals surface area (Å²) in [5.74, 6) is 0. The molecular weight excluding hydrogens is 340 g/mol. The highest BCUT2D eigenvalue weighted by Crippen LogP contribution is 2.19. The van der Waals surface area contributed by atoms with Gasteiger partial charge in [-0.05, 0) is 56.1 Å². The number of likely N-dealkylation sites (N-methyl/N-ethyl adjacent to an activating group) is 1. The summed E-state index contributed by atoms with van der Waals surface area (Å²) in [7, 11) is 2.26. The largest absolute Gasteiger partial charge is 0.301 e. The molecule has 0 bridgehead atoms. The number of nitrogens with zero attached hydrogens (tertiary/aromatic N) is 4. The van der Waals surface area contributed by atoms with Crippen LogP contribution in [0.15, 0.2) is 48.5 Å². The Morgan fingerprint density at radius 2 is 1.92 bits per heavy atom. The van der Waals surface area contributed by atoms with E-state index in [2.05, 4.69) is 74.1 Å². The predicted molar refractivity (Wildman–Crippen MR) is 108 cm³/mol. The molecule has 1 aromatic heterocycles. The van der Waals surface area contributed by atoms with E-state index in [1.54, 1.807) is 0 Å². The Bertz CT molecular complexity index is 832. The van der Waals surface area contributed by atoms with Crippen LogP contribution in [0.4, 0.5) is 0 Å². The number of hydrogen-bond acceptors (Lipinski definition) is 5. The van der Waals surface area contributed by atoms with Crippen molar-refractivity contribution >= 4 is 22.8 Å². The zero-order valence-electron chi connectivity index (χ0n) is 15.3. The quantitative estimate of drug-likeness (QED) is 0.664. The van der Waals surface area contributed by atoms with Gasteiger partial charge in [0.05, 0.1) is 11.7 Å². The molecule has 26 heavy (non-hydrogen) atoms. The smallest absolute Gasteiger partial charge is 0.105 e. The fraction of sp³-hybridized carbons (Fsp3) is 0.429. The molecule has 0 unspecified atom stereocenters. The normalized spacial score (nSPS) is 18.6. The predicted octanol–water partition coefficient (Wildman–Crippen LogP) is 3.83. The summed E-state index contributed by atoms with van der Waals surface area (Å²) in [5.41, 5.74) is 4.79. The van der Waals surface area contributed by atoms with Gasteiger partial charge in [-0.25, -0.2) is 0 Å². The highest BCUT2D eigenvalue weighted by Gasteiger charge is 2.23. The summed E-state index contributed by atoms with van der Waals surface area (Å²) < 4.78 is 8.66. The molecule has 4 nitrogen and oxygen atoms in total. The Morgan fingerprint density at radius 1 is 1.08 bits per heavy atom. The fourth-order valence-corrected chi connectivity index (χ4v) is 4.39. The van der Waals surface area contributed by atoms with Gasteiger partial charge in [0.2, 0.25) is 0 Å². The van der Waals surface area contributed by atoms with Crippen LogP contribution in [0.3, 0.4) is 0 Å². The van der Waals surface area contributed by atoms with E-state index in [1.165, 1.54) is 48.8 Å². The lowest BCUT2D eigenvalue weighted by molar-refractivity contribution is 0.113. The molecule has 2 heterocycles. The van der Waals surface area contributed by atoms with Crippen LogP contribution in [0, 0.1) is 0 Å². The highest BCUT2D eigenvalue weighted by molar-refractivity contribution is 7.00. The molecule has 0 amide bonds. The SMILES string of the molecule is CN(Cc1ccc2nsnc2c1)[C@@H]1CCCN(CCc2ccccc2)C1. The van der Waals surface area contributed by atoms with Crippen molar-refractivity contribution in [2.75, 3.05) is 26.7 Å². The molecule has 1 fully saturated rings. The second-order valence-electron chi connectivity index (χ2n) is 7.33. The van der Waals surface area contributed by atoms with Gasteiger partial charge in [0, 0.05) is 25.7 Å². The first kappa shape index (κ1) is 17.6. The van der Waals surface area contributed by atoms with Crippen molar-refractivity contribution < 1.29 is 0 Å². The summed E-state index contributed by atoms with van der Waals surface area (Å²) in [5, 5.41) is 0. The number of hydrogen-bond donors (Lipinski definition) is 0. The third-order valence-corrected chi connectivity index (χ3v) is 5.97. The molecule has 1 atom stereocenters. The van der Waals surface area contributed by atoms with Crippen LogP contribution in [0.25, 0.3) is 11.0 Å². The molecule has 4 rings (SSSR count). The summed E-state index contributed by atoms with van der Waals surface area (Å²) in [6, 6.07) is 17.9. The topological polar surface area (TPSA) is 32.3 Å². The molecule has 5 heteroatoms. The van der Waals surface area contributed by atoms with Crippen LogP contribution in [-0.4, -0.2) is 51.3 Å². The highest BCUT2D eigenvalue weighted by atomic mass is 32.1. The zero-order valence-corrected chi connectivity index (χ0v) is 16.2. The number of fused-ring (bicyclic) bond motifs is 1. The molecule has 0 N–H and O–H groups in total. The van der Waals surface area contributed by atoms with Crippen molar-refractivity contribution in [2.45, 2.75) is 31.8 Å². The van der Waals surface area contributed by atoms with Gasteiger partial charge in [-0.15, -0.1) is 0 Å². The van der Waals surface area contributed by atoms with Crippen molar-refractivity contribution in [3.05, 3.63) is 59.7 Å². The van der Waals surface area contributed by atoms with E-state index in [0.29, 0.717) is 6.04 Å². The average molecular weight is 367 g/mol. The summed E-state index contributed by atoms with van der Waals surface area (Å²) >= 11 is 1.29. The van der Waals surface area contributed by atoms with Crippen LogP contribution in [-0.2, 0) is 13.0 Å². The molecule has 0 spiro atoms. The first-order valence-electron chi connectivity index (χ1n) is 9.46. The minimum Gasteiger partial charge on any atom is -0.301 e. The van der Waals surface area contributed by atoms with E-state index < -0.39 is 0 Å². The Balaban J connectivity index is 1.32. The van der Waals surface area contributed by atoms with Gasteiger partial charge in [0.1, 0.15) is 11.0 Å². The van der Waals surface area contributed by atoms with Gasteiger partial charge in [0.15, 0.2) is 0 Å². The second-order valence-corrected chi connectivity index (χ2v) is 7.86. The maximum atomic E-state index is 4.37. The molecule has 1 saturated heterocycles. The number of aromatic nitrogens is 2. The van der Waals surface area contributed by atoms with Crippen LogP contribution in [0.1, 0.15) is 24.0 Å². The van der Waals surface area contributed by atoms with Crippen molar-refractivity contribution in [1.29, 1.82) is 0 Å². The molecule has 2 aromatic carbocycles. The van der Waals surface area contributed by atoms with E-state index in [-0.39, 0.29) is 0 Å². The average Bonchev–Trinajstić information content (AvgIpc) is 3.15. The molecule has 0 aliphatic carbocycles. The van der Waals surface area contributed by atoms with E-state index >= 15 is 0 Å². The summed E-state index contributed by atoms with van der Waals surface area (Å²) in [4.78, 5) is 5.14. The molecule has 1 aliphatic rings. The van der Waals surface area contributed by atoms with Gasteiger partial charge in [-0.3, -0.25) is 4.90 Å². The molecule has 0 radical (unpaired) electrons. The lowest BCUT2D eigenvalue weighted by atomic mass is 10.0. The number of rotatable bonds is 6. The van der Waals surface area contributed by atoms with Crippen molar-refractivity contribution in [3.8, 4) is 0 Å². The number of piperidine rings is 1. The van der Waals surface area contributed by atoms with Crippen molar-refractivity contribution in [1.82, 2.24) is 18.5 Å². The third kappa shape index (κ3) is 4.29. The first-order valence-corrected chi connectivity index (χ1v) is 10.2. The lowest BCUT2D eigenvalue weighted by Crippen LogP contribution is -2.46. The maximum Gasteiger partial charge on any atom is 0.105 e. The van der Waals surface area contributed by atoms with Crippen LogP contribution in [0.2, 0.25) is 0 Å². The second kappa shape index (κ2) is 8.25. The fourth-order valence-electron chi connectivity index (χ4n) is 3.87.